The molecule has 0 aromatic rings. The third kappa shape index (κ3) is 2.01. The molecule has 0 amide bonds. The quantitative estimate of drug-likeness (QED) is 0.600. The van der Waals surface area contributed by atoms with Crippen LogP contribution in [0, 0.1) is 0 Å². The zero-order valence-corrected chi connectivity index (χ0v) is 7.09. The van der Waals surface area contributed by atoms with Crippen LogP contribution in [0.1, 0.15) is 20.3 Å². The number of hydrogen-bond donors (Lipinski definition) is 1. The Labute approximate surface area is 67.1 Å². The van der Waals surface area contributed by atoms with E-state index in [2.05, 4.69) is 5.32 Å². The molecular weight excluding hydrogens is 142 g/mol. The molecule has 1 N–H and O–H groups in total. The third-order valence-electron chi connectivity index (χ3n) is 1.83. The van der Waals surface area contributed by atoms with Crippen molar-refractivity contribution in [2.24, 2.45) is 0 Å². The Balaban J connectivity index is 2.52. The second-order valence-corrected chi connectivity index (χ2v) is 3.28. The molecule has 3 heteroatoms. The fourth-order valence-electron chi connectivity index (χ4n) is 1.39. The molecule has 1 heterocycles. The molecule has 0 bridgehead atoms. The van der Waals surface area contributed by atoms with Crippen molar-refractivity contribution in [2.75, 3.05) is 13.1 Å². The normalized spacial score (nSPS) is 31.2. The minimum atomic E-state index is -0.534. The van der Waals surface area contributed by atoms with E-state index in [0.717, 1.165) is 19.3 Å². The molecule has 1 saturated heterocycles. The molecular formula is C8H15NO2. The van der Waals surface area contributed by atoms with Crippen LogP contribution in [0.5, 0.6) is 0 Å². The van der Waals surface area contributed by atoms with Gasteiger partial charge in [0.1, 0.15) is 5.60 Å². The summed E-state index contributed by atoms with van der Waals surface area (Å²) in [6.45, 7) is 5.44. The Morgan fingerprint density at radius 1 is 1.64 bits per heavy atom. The topological polar surface area (TPSA) is 38.3 Å². The maximum atomic E-state index is 10.7. The molecule has 1 rings (SSSR count). The van der Waals surface area contributed by atoms with Crippen molar-refractivity contribution in [1.82, 2.24) is 5.32 Å². The van der Waals surface area contributed by atoms with Gasteiger partial charge in [-0.3, -0.25) is 0 Å². The fraction of sp³-hybridized carbons (Fsp3) is 0.875. The molecule has 0 radical (unpaired) electrons. The van der Waals surface area contributed by atoms with Crippen molar-refractivity contribution in [2.45, 2.75) is 32.0 Å². The molecule has 0 aromatic carbocycles. The van der Waals surface area contributed by atoms with Gasteiger partial charge in [0.2, 0.25) is 0 Å². The van der Waals surface area contributed by atoms with Crippen LogP contribution in [0.2, 0.25) is 0 Å². The van der Waals surface area contributed by atoms with Crippen molar-refractivity contribution in [3.63, 3.8) is 0 Å². The van der Waals surface area contributed by atoms with Crippen LogP contribution in [0.25, 0.3) is 0 Å². The van der Waals surface area contributed by atoms with Crippen molar-refractivity contribution in [1.29, 1.82) is 0 Å². The van der Waals surface area contributed by atoms with Gasteiger partial charge in [-0.15, -0.1) is 0 Å². The van der Waals surface area contributed by atoms with Gasteiger partial charge in [0.15, 0.2) is 6.29 Å². The van der Waals surface area contributed by atoms with Gasteiger partial charge in [-0.05, 0) is 26.8 Å². The highest BCUT2D eigenvalue weighted by Gasteiger charge is 2.35. The van der Waals surface area contributed by atoms with E-state index in [4.69, 9.17) is 4.74 Å². The largest absolute Gasteiger partial charge is 0.363 e. The van der Waals surface area contributed by atoms with Crippen LogP contribution in [-0.2, 0) is 9.53 Å². The van der Waals surface area contributed by atoms with Gasteiger partial charge >= 0.3 is 0 Å². The van der Waals surface area contributed by atoms with E-state index in [9.17, 15) is 4.79 Å². The summed E-state index contributed by atoms with van der Waals surface area (Å²) in [5, 5.41) is 3.11. The first-order valence-electron chi connectivity index (χ1n) is 4.03. The maximum absolute atomic E-state index is 10.7. The summed E-state index contributed by atoms with van der Waals surface area (Å²) in [5.74, 6) is 0. The lowest BCUT2D eigenvalue weighted by Gasteiger charge is -2.24. The number of carbonyl (C=O) groups is 1. The monoisotopic (exact) mass is 157 g/mol. The second kappa shape index (κ2) is 3.32. The third-order valence-corrected chi connectivity index (χ3v) is 1.83. The minimum absolute atomic E-state index is 0.125. The number of carbonyl (C=O) groups excluding carboxylic acids is 1. The van der Waals surface area contributed by atoms with E-state index in [1.54, 1.807) is 0 Å². The number of rotatable bonds is 3. The van der Waals surface area contributed by atoms with Crippen molar-refractivity contribution >= 4 is 6.29 Å². The highest BCUT2D eigenvalue weighted by atomic mass is 16.5. The van der Waals surface area contributed by atoms with E-state index in [1.165, 1.54) is 0 Å². The molecule has 0 aromatic heterocycles. The fourth-order valence-corrected chi connectivity index (χ4v) is 1.39. The lowest BCUT2D eigenvalue weighted by Crippen LogP contribution is -2.39. The Morgan fingerprint density at radius 3 is 2.73 bits per heavy atom. The molecule has 1 atom stereocenters. The Morgan fingerprint density at radius 2 is 2.36 bits per heavy atom. The van der Waals surface area contributed by atoms with Crippen LogP contribution < -0.4 is 5.32 Å². The minimum Gasteiger partial charge on any atom is -0.363 e. The molecule has 0 aliphatic carbocycles. The molecule has 0 spiro atoms. The highest BCUT2D eigenvalue weighted by Crippen LogP contribution is 2.18. The van der Waals surface area contributed by atoms with E-state index in [1.807, 2.05) is 13.8 Å². The van der Waals surface area contributed by atoms with Crippen LogP contribution in [0.15, 0.2) is 0 Å². The lowest BCUT2D eigenvalue weighted by molar-refractivity contribution is -0.134. The molecule has 0 saturated carbocycles. The average Bonchev–Trinajstić information content (AvgIpc) is 2.36. The van der Waals surface area contributed by atoms with Crippen molar-refractivity contribution in [3.8, 4) is 0 Å². The average molecular weight is 157 g/mol. The molecule has 3 nitrogen and oxygen atoms in total. The zero-order chi connectivity index (χ0) is 8.32. The molecule has 11 heavy (non-hydrogen) atoms. The number of aldehydes is 1. The van der Waals surface area contributed by atoms with Crippen LogP contribution in [-0.4, -0.2) is 31.1 Å². The summed E-state index contributed by atoms with van der Waals surface area (Å²) >= 11 is 0. The number of nitrogens with one attached hydrogen (secondary N) is 1. The number of hydrogen-bond acceptors (Lipinski definition) is 3. The van der Waals surface area contributed by atoms with E-state index < -0.39 is 5.60 Å². The van der Waals surface area contributed by atoms with Crippen molar-refractivity contribution in [3.05, 3.63) is 0 Å². The van der Waals surface area contributed by atoms with Gasteiger partial charge in [-0.25, -0.2) is 0 Å². The molecule has 64 valence electrons. The first kappa shape index (κ1) is 8.68. The SMILES string of the molecule is CC(C)OC1(C=O)CCNC1. The molecule has 1 fully saturated rings. The van der Waals surface area contributed by atoms with Gasteiger partial charge in [-0.1, -0.05) is 0 Å². The van der Waals surface area contributed by atoms with Gasteiger partial charge in [-0.2, -0.15) is 0 Å². The van der Waals surface area contributed by atoms with Crippen LogP contribution >= 0.6 is 0 Å². The maximum Gasteiger partial charge on any atom is 0.153 e. The summed E-state index contributed by atoms with van der Waals surface area (Å²) in [6.07, 6.45) is 1.85. The van der Waals surface area contributed by atoms with Gasteiger partial charge < -0.3 is 14.8 Å². The Hall–Kier alpha value is -0.410. The first-order valence-corrected chi connectivity index (χ1v) is 4.03. The van der Waals surface area contributed by atoms with E-state index in [-0.39, 0.29) is 6.10 Å². The molecule has 1 aliphatic rings. The van der Waals surface area contributed by atoms with Gasteiger partial charge in [0.25, 0.3) is 0 Å². The zero-order valence-electron chi connectivity index (χ0n) is 7.09. The van der Waals surface area contributed by atoms with Crippen LogP contribution in [0.4, 0.5) is 0 Å². The summed E-state index contributed by atoms with van der Waals surface area (Å²) < 4.78 is 5.52. The van der Waals surface area contributed by atoms with E-state index >= 15 is 0 Å². The van der Waals surface area contributed by atoms with Crippen molar-refractivity contribution < 1.29 is 9.53 Å². The second-order valence-electron chi connectivity index (χ2n) is 3.28. The standard InChI is InChI=1S/C8H15NO2/c1-7(2)11-8(6-10)3-4-9-5-8/h6-7,9H,3-5H2,1-2H3. The Kier molecular flexibility index (Phi) is 2.62. The van der Waals surface area contributed by atoms with Gasteiger partial charge in [0, 0.05) is 6.54 Å². The van der Waals surface area contributed by atoms with E-state index in [0.29, 0.717) is 6.54 Å². The summed E-state index contributed by atoms with van der Waals surface area (Å²) in [6, 6.07) is 0. The summed E-state index contributed by atoms with van der Waals surface area (Å²) in [7, 11) is 0. The van der Waals surface area contributed by atoms with Gasteiger partial charge in [0.05, 0.1) is 6.10 Å². The molecule has 1 unspecified atom stereocenters. The Bertz CT molecular complexity index is 139. The first-order chi connectivity index (χ1) is 5.18. The van der Waals surface area contributed by atoms with Crippen LogP contribution in [0.3, 0.4) is 0 Å². The number of ether oxygens (including phenoxy) is 1. The predicted octanol–water partition coefficient (Wildman–Crippen LogP) is 0.342. The summed E-state index contributed by atoms with van der Waals surface area (Å²) in [4.78, 5) is 10.7. The predicted molar refractivity (Wildman–Crippen MR) is 42.5 cm³/mol. The smallest absolute Gasteiger partial charge is 0.153 e. The lowest BCUT2D eigenvalue weighted by atomic mass is 10.1. The summed E-state index contributed by atoms with van der Waals surface area (Å²) in [5.41, 5.74) is -0.534. The highest BCUT2D eigenvalue weighted by molar-refractivity contribution is 5.63. The molecule has 1 aliphatic heterocycles.